The zero-order valence-corrected chi connectivity index (χ0v) is 10.2. The van der Waals surface area contributed by atoms with Crippen LogP contribution in [0, 0.1) is 11.8 Å². The van der Waals surface area contributed by atoms with Crippen molar-refractivity contribution in [2.24, 2.45) is 0 Å². The van der Waals surface area contributed by atoms with E-state index >= 15 is 0 Å². The second-order valence-corrected chi connectivity index (χ2v) is 5.49. The maximum atomic E-state index is 3.04. The van der Waals surface area contributed by atoms with Gasteiger partial charge in [0.1, 0.15) is 0 Å². The number of hydrogen-bond acceptors (Lipinski definition) is 2. The van der Waals surface area contributed by atoms with Crippen molar-refractivity contribution >= 4 is 21.6 Å². The molecule has 0 radical (unpaired) electrons. The van der Waals surface area contributed by atoms with Gasteiger partial charge >= 0.3 is 0 Å². The topological polar surface area (TPSA) is 0 Å². The minimum absolute atomic E-state index is 1.08. The fourth-order valence-corrected chi connectivity index (χ4v) is 2.76. The zero-order chi connectivity index (χ0) is 10.2. The monoisotopic (exact) mass is 222 g/mol. The van der Waals surface area contributed by atoms with Crippen molar-refractivity contribution in [3.63, 3.8) is 0 Å². The maximum Gasteiger partial charge on any atom is 0.0288 e. The first-order chi connectivity index (χ1) is 6.86. The molecule has 0 unspecified atom stereocenters. The Morgan fingerprint density at radius 3 is 2.43 bits per heavy atom. The largest absolute Gasteiger partial charge is 0.101 e. The Labute approximate surface area is 94.3 Å². The maximum absolute atomic E-state index is 3.04. The molecule has 1 rings (SSSR count). The fourth-order valence-electron chi connectivity index (χ4n) is 1.02. The van der Waals surface area contributed by atoms with E-state index in [1.807, 2.05) is 28.5 Å². The van der Waals surface area contributed by atoms with Crippen LogP contribution in [0.15, 0.2) is 24.3 Å². The van der Waals surface area contributed by atoms with Crippen molar-refractivity contribution in [3.05, 3.63) is 35.4 Å². The first-order valence-corrected chi connectivity index (χ1v) is 7.11. The van der Waals surface area contributed by atoms with Gasteiger partial charge in [-0.15, -0.1) is 5.92 Å². The van der Waals surface area contributed by atoms with E-state index in [0.29, 0.717) is 0 Å². The van der Waals surface area contributed by atoms with Crippen LogP contribution in [0.5, 0.6) is 0 Å². The van der Waals surface area contributed by atoms with Crippen LogP contribution in [0.25, 0.3) is 0 Å². The molecule has 0 saturated carbocycles. The lowest BCUT2D eigenvalue weighted by Gasteiger charge is -1.99. The minimum Gasteiger partial charge on any atom is -0.101 e. The molecule has 14 heavy (non-hydrogen) atoms. The van der Waals surface area contributed by atoms with Crippen LogP contribution in [0.1, 0.15) is 25.0 Å². The summed E-state index contributed by atoms with van der Waals surface area (Å²) in [5.74, 6) is 8.19. The Balaban J connectivity index is 2.49. The highest BCUT2D eigenvalue weighted by molar-refractivity contribution is 8.76. The third-order valence-corrected chi connectivity index (χ3v) is 4.06. The van der Waals surface area contributed by atoms with E-state index < -0.39 is 0 Å². The quantitative estimate of drug-likeness (QED) is 0.430. The van der Waals surface area contributed by atoms with E-state index in [1.54, 1.807) is 0 Å². The van der Waals surface area contributed by atoms with Crippen LogP contribution in [0.3, 0.4) is 0 Å². The van der Waals surface area contributed by atoms with Crippen LogP contribution in [-0.2, 0) is 5.75 Å². The Bertz CT molecular complexity index is 316. The predicted octanol–water partition coefficient (Wildman–Crippen LogP) is 3.96. The predicted molar refractivity (Wildman–Crippen MR) is 68.4 cm³/mol. The Morgan fingerprint density at radius 1 is 1.14 bits per heavy atom. The lowest BCUT2D eigenvalue weighted by atomic mass is 10.1. The molecule has 74 valence electrons. The molecule has 0 atom stereocenters. The molecule has 1 aromatic carbocycles. The summed E-state index contributed by atoms with van der Waals surface area (Å²) in [5, 5.41) is 0. The van der Waals surface area contributed by atoms with Gasteiger partial charge in [-0.2, -0.15) is 0 Å². The normalized spacial score (nSPS) is 9.29. The number of rotatable bonds is 4. The van der Waals surface area contributed by atoms with E-state index in [-0.39, 0.29) is 0 Å². The highest BCUT2D eigenvalue weighted by atomic mass is 33.1. The van der Waals surface area contributed by atoms with Crippen molar-refractivity contribution in [2.75, 3.05) is 5.75 Å². The third kappa shape index (κ3) is 4.13. The second kappa shape index (κ2) is 6.86. The summed E-state index contributed by atoms with van der Waals surface area (Å²) in [5.41, 5.74) is 2.47. The van der Waals surface area contributed by atoms with Gasteiger partial charge in [-0.3, -0.25) is 0 Å². The molecule has 0 nitrogen and oxygen atoms in total. The molecule has 0 aromatic heterocycles. The third-order valence-electron chi connectivity index (χ3n) is 1.65. The first-order valence-electron chi connectivity index (χ1n) is 4.63. The summed E-state index contributed by atoms with van der Waals surface area (Å²) in [7, 11) is 3.81. The van der Waals surface area contributed by atoms with Gasteiger partial charge in [0.25, 0.3) is 0 Å². The van der Waals surface area contributed by atoms with Crippen molar-refractivity contribution in [1.82, 2.24) is 0 Å². The second-order valence-electron chi connectivity index (χ2n) is 2.74. The Kier molecular flexibility index (Phi) is 5.66. The van der Waals surface area contributed by atoms with E-state index in [4.69, 9.17) is 0 Å². The summed E-state index contributed by atoms with van der Waals surface area (Å²) in [6, 6.07) is 8.48. The number of hydrogen-bond donors (Lipinski definition) is 0. The molecule has 0 saturated heterocycles. The molecule has 1 aromatic rings. The Morgan fingerprint density at radius 2 is 1.86 bits per heavy atom. The molecule has 0 fully saturated rings. The molecular formula is C12H14S2. The molecule has 0 spiro atoms. The Hall–Kier alpha value is -0.520. The molecule has 0 aliphatic carbocycles. The lowest BCUT2D eigenvalue weighted by Crippen LogP contribution is -1.80. The SMILES string of the molecule is CC#Cc1ccc(CSSCC)cc1. The molecular weight excluding hydrogens is 208 g/mol. The van der Waals surface area contributed by atoms with E-state index in [9.17, 15) is 0 Å². The van der Waals surface area contributed by atoms with Gasteiger partial charge in [-0.05, 0) is 24.6 Å². The van der Waals surface area contributed by atoms with Crippen molar-refractivity contribution < 1.29 is 0 Å². The molecule has 0 N–H and O–H groups in total. The smallest absolute Gasteiger partial charge is 0.0288 e. The lowest BCUT2D eigenvalue weighted by molar-refractivity contribution is 1.41. The van der Waals surface area contributed by atoms with Gasteiger partial charge in [0.2, 0.25) is 0 Å². The van der Waals surface area contributed by atoms with Gasteiger partial charge < -0.3 is 0 Å². The van der Waals surface area contributed by atoms with E-state index in [2.05, 4.69) is 43.0 Å². The van der Waals surface area contributed by atoms with Crippen LogP contribution < -0.4 is 0 Å². The summed E-state index contributed by atoms with van der Waals surface area (Å²) >= 11 is 0. The van der Waals surface area contributed by atoms with E-state index in [0.717, 1.165) is 11.3 Å². The van der Waals surface area contributed by atoms with Gasteiger partial charge in [-0.1, -0.05) is 46.6 Å². The molecule has 0 aliphatic rings. The average Bonchev–Trinajstić information content (AvgIpc) is 2.21. The standard InChI is InChI=1S/C12H14S2/c1-3-5-11-6-8-12(9-7-11)10-14-13-4-2/h6-9H,4,10H2,1-2H3. The van der Waals surface area contributed by atoms with Crippen LogP contribution >= 0.6 is 21.6 Å². The average molecular weight is 222 g/mol. The molecule has 2 heteroatoms. The highest BCUT2D eigenvalue weighted by Crippen LogP contribution is 2.25. The summed E-state index contributed by atoms with van der Waals surface area (Å²) in [4.78, 5) is 0. The van der Waals surface area contributed by atoms with Crippen LogP contribution in [0.4, 0.5) is 0 Å². The van der Waals surface area contributed by atoms with E-state index in [1.165, 1.54) is 11.3 Å². The molecule has 0 amide bonds. The first kappa shape index (κ1) is 11.6. The van der Waals surface area contributed by atoms with Gasteiger partial charge in [0, 0.05) is 17.1 Å². The van der Waals surface area contributed by atoms with Crippen LogP contribution in [0.2, 0.25) is 0 Å². The fraction of sp³-hybridized carbons (Fsp3) is 0.333. The van der Waals surface area contributed by atoms with Crippen molar-refractivity contribution in [3.8, 4) is 11.8 Å². The summed E-state index contributed by atoms with van der Waals surface area (Å²) in [6.45, 7) is 4.04. The molecule has 0 bridgehead atoms. The van der Waals surface area contributed by atoms with Crippen molar-refractivity contribution in [1.29, 1.82) is 0 Å². The van der Waals surface area contributed by atoms with Gasteiger partial charge in [-0.25, -0.2) is 0 Å². The van der Waals surface area contributed by atoms with Crippen molar-refractivity contribution in [2.45, 2.75) is 19.6 Å². The summed E-state index contributed by atoms with van der Waals surface area (Å²) < 4.78 is 0. The summed E-state index contributed by atoms with van der Waals surface area (Å²) in [6.07, 6.45) is 0. The van der Waals surface area contributed by atoms with Gasteiger partial charge in [0.05, 0.1) is 0 Å². The number of benzene rings is 1. The zero-order valence-electron chi connectivity index (χ0n) is 8.54. The highest BCUT2D eigenvalue weighted by Gasteiger charge is 1.93. The minimum atomic E-state index is 1.08. The van der Waals surface area contributed by atoms with Crippen LogP contribution in [-0.4, -0.2) is 5.75 Å². The molecule has 0 aliphatic heterocycles. The van der Waals surface area contributed by atoms with Gasteiger partial charge in [0.15, 0.2) is 0 Å². The molecule has 0 heterocycles.